The molecule has 1 unspecified atom stereocenters. The fourth-order valence-corrected chi connectivity index (χ4v) is 3.16. The molecule has 0 amide bonds. The number of nitrogens with zero attached hydrogens (tertiary/aromatic N) is 2. The first kappa shape index (κ1) is 23.3. The third-order valence-electron chi connectivity index (χ3n) is 4.82. The summed E-state index contributed by atoms with van der Waals surface area (Å²) in [7, 11) is 1.95. The molecular formula is C20H30F3N3O3. The number of hydrogen-bond acceptors (Lipinski definition) is 4. The lowest BCUT2D eigenvalue weighted by Gasteiger charge is -2.27. The Kier molecular flexibility index (Phi) is 9.03. The zero-order chi connectivity index (χ0) is 21.3. The molecule has 6 nitrogen and oxygen atoms in total. The standard InChI is InChI=1S/C20H30F3N3O3/c1-3-24-19(26(2)11-8-15-9-12-28-13-10-15)25-14-18(27)16-4-6-17(7-5-16)29-20(21,22)23/h4-7,15,18,27H,3,8-14H2,1-2H3,(H,24,25). The van der Waals surface area contributed by atoms with Crippen molar-refractivity contribution in [2.24, 2.45) is 10.9 Å². The van der Waals surface area contributed by atoms with Crippen molar-refractivity contribution in [2.75, 3.05) is 39.9 Å². The molecule has 1 fully saturated rings. The molecule has 1 aliphatic heterocycles. The van der Waals surface area contributed by atoms with E-state index in [0.717, 1.165) is 39.0 Å². The Hall–Kier alpha value is -2.00. The molecular weight excluding hydrogens is 387 g/mol. The molecule has 0 spiro atoms. The summed E-state index contributed by atoms with van der Waals surface area (Å²) >= 11 is 0. The van der Waals surface area contributed by atoms with Crippen LogP contribution in [0.25, 0.3) is 0 Å². The van der Waals surface area contributed by atoms with E-state index in [2.05, 4.69) is 15.0 Å². The summed E-state index contributed by atoms with van der Waals surface area (Å²) in [5.41, 5.74) is 0.476. The van der Waals surface area contributed by atoms with Crippen LogP contribution >= 0.6 is 0 Å². The predicted molar refractivity (Wildman–Crippen MR) is 105 cm³/mol. The van der Waals surface area contributed by atoms with Gasteiger partial charge in [0, 0.05) is 33.4 Å². The van der Waals surface area contributed by atoms with Crippen molar-refractivity contribution in [3.8, 4) is 5.75 Å². The highest BCUT2D eigenvalue weighted by atomic mass is 19.4. The number of alkyl halides is 3. The van der Waals surface area contributed by atoms with Crippen LogP contribution in [0.15, 0.2) is 29.3 Å². The van der Waals surface area contributed by atoms with Gasteiger partial charge >= 0.3 is 6.36 Å². The van der Waals surface area contributed by atoms with Crippen LogP contribution in [0.4, 0.5) is 13.2 Å². The number of benzene rings is 1. The summed E-state index contributed by atoms with van der Waals surface area (Å²) in [6.45, 7) is 5.25. The maximum atomic E-state index is 12.2. The van der Waals surface area contributed by atoms with E-state index in [1.165, 1.54) is 24.3 Å². The number of aliphatic hydroxyl groups is 1. The van der Waals surface area contributed by atoms with Crippen molar-refractivity contribution in [3.05, 3.63) is 29.8 Å². The molecule has 0 aliphatic carbocycles. The Bertz CT molecular complexity index is 632. The lowest BCUT2D eigenvalue weighted by atomic mass is 9.96. The highest BCUT2D eigenvalue weighted by molar-refractivity contribution is 5.79. The first-order valence-electron chi connectivity index (χ1n) is 9.89. The predicted octanol–water partition coefficient (Wildman–Crippen LogP) is 3.33. The van der Waals surface area contributed by atoms with E-state index in [9.17, 15) is 18.3 Å². The molecule has 1 aliphatic rings. The number of guanidine groups is 1. The van der Waals surface area contributed by atoms with E-state index in [1.807, 2.05) is 18.9 Å². The number of hydrogen-bond donors (Lipinski definition) is 2. The van der Waals surface area contributed by atoms with Gasteiger partial charge in [-0.05, 0) is 49.8 Å². The fourth-order valence-electron chi connectivity index (χ4n) is 3.16. The smallest absolute Gasteiger partial charge is 0.406 e. The third-order valence-corrected chi connectivity index (χ3v) is 4.82. The van der Waals surface area contributed by atoms with Gasteiger partial charge in [0.25, 0.3) is 0 Å². The van der Waals surface area contributed by atoms with Gasteiger partial charge in [-0.1, -0.05) is 12.1 Å². The second-order valence-electron chi connectivity index (χ2n) is 7.09. The topological polar surface area (TPSA) is 66.3 Å². The fraction of sp³-hybridized carbons (Fsp3) is 0.650. The first-order valence-corrected chi connectivity index (χ1v) is 9.89. The van der Waals surface area contributed by atoms with Gasteiger partial charge in [0.1, 0.15) is 5.75 Å². The molecule has 2 N–H and O–H groups in total. The largest absolute Gasteiger partial charge is 0.573 e. The monoisotopic (exact) mass is 417 g/mol. The van der Waals surface area contributed by atoms with E-state index >= 15 is 0 Å². The SMILES string of the molecule is CCNC(=NCC(O)c1ccc(OC(F)(F)F)cc1)N(C)CCC1CCOCC1. The minimum absolute atomic E-state index is 0.101. The quantitative estimate of drug-likeness (QED) is 0.502. The van der Waals surface area contributed by atoms with Gasteiger partial charge in [-0.25, -0.2) is 0 Å². The normalized spacial score (nSPS) is 17.1. The summed E-state index contributed by atoms with van der Waals surface area (Å²) < 4.78 is 45.9. The molecule has 1 aromatic carbocycles. The molecule has 29 heavy (non-hydrogen) atoms. The summed E-state index contributed by atoms with van der Waals surface area (Å²) in [6.07, 6.45) is -2.45. The molecule has 1 heterocycles. The molecule has 164 valence electrons. The van der Waals surface area contributed by atoms with Crippen molar-refractivity contribution in [3.63, 3.8) is 0 Å². The maximum absolute atomic E-state index is 12.2. The molecule has 0 bridgehead atoms. The van der Waals surface area contributed by atoms with Gasteiger partial charge in [-0.2, -0.15) is 0 Å². The molecule has 1 atom stereocenters. The number of aliphatic hydroxyl groups excluding tert-OH is 1. The minimum Gasteiger partial charge on any atom is -0.406 e. The summed E-state index contributed by atoms with van der Waals surface area (Å²) in [5, 5.41) is 13.6. The Morgan fingerprint density at radius 3 is 2.55 bits per heavy atom. The number of rotatable bonds is 8. The molecule has 1 saturated heterocycles. The first-order chi connectivity index (χ1) is 13.8. The van der Waals surface area contributed by atoms with Crippen molar-refractivity contribution in [1.29, 1.82) is 0 Å². The maximum Gasteiger partial charge on any atom is 0.573 e. The third kappa shape index (κ3) is 8.49. The lowest BCUT2D eigenvalue weighted by Crippen LogP contribution is -2.40. The lowest BCUT2D eigenvalue weighted by molar-refractivity contribution is -0.274. The number of nitrogens with one attached hydrogen (secondary N) is 1. The Morgan fingerprint density at radius 2 is 1.97 bits per heavy atom. The number of ether oxygens (including phenoxy) is 2. The number of aliphatic imine (C=N–C) groups is 1. The average Bonchev–Trinajstić information content (AvgIpc) is 2.69. The molecule has 0 radical (unpaired) electrons. The van der Waals surface area contributed by atoms with E-state index < -0.39 is 12.5 Å². The van der Waals surface area contributed by atoms with Gasteiger partial charge < -0.3 is 24.8 Å². The zero-order valence-corrected chi connectivity index (χ0v) is 16.9. The van der Waals surface area contributed by atoms with Crippen LogP contribution in [0.3, 0.4) is 0 Å². The second kappa shape index (κ2) is 11.3. The van der Waals surface area contributed by atoms with E-state index in [0.29, 0.717) is 24.0 Å². The van der Waals surface area contributed by atoms with Gasteiger partial charge in [0.15, 0.2) is 5.96 Å². The van der Waals surface area contributed by atoms with Gasteiger partial charge in [-0.15, -0.1) is 13.2 Å². The van der Waals surface area contributed by atoms with Crippen molar-refractivity contribution in [2.45, 2.75) is 38.7 Å². The van der Waals surface area contributed by atoms with Crippen LogP contribution < -0.4 is 10.1 Å². The molecule has 0 saturated carbocycles. The molecule has 0 aromatic heterocycles. The van der Waals surface area contributed by atoms with Gasteiger partial charge in [0.2, 0.25) is 0 Å². The van der Waals surface area contributed by atoms with Crippen LogP contribution in [0.2, 0.25) is 0 Å². The minimum atomic E-state index is -4.74. The van der Waals surface area contributed by atoms with Crippen LogP contribution in [-0.2, 0) is 4.74 Å². The van der Waals surface area contributed by atoms with Gasteiger partial charge in [-0.3, -0.25) is 4.99 Å². The Labute approximate surface area is 169 Å². The van der Waals surface area contributed by atoms with Crippen molar-refractivity contribution < 1.29 is 27.8 Å². The Balaban J connectivity index is 1.90. The summed E-state index contributed by atoms with van der Waals surface area (Å²) in [4.78, 5) is 6.51. The van der Waals surface area contributed by atoms with Crippen LogP contribution in [0, 0.1) is 5.92 Å². The van der Waals surface area contributed by atoms with Crippen LogP contribution in [-0.4, -0.2) is 62.2 Å². The van der Waals surface area contributed by atoms with Gasteiger partial charge in [0.05, 0.1) is 12.6 Å². The van der Waals surface area contributed by atoms with E-state index in [4.69, 9.17) is 4.74 Å². The highest BCUT2D eigenvalue weighted by Gasteiger charge is 2.31. The molecule has 2 rings (SSSR count). The average molecular weight is 417 g/mol. The van der Waals surface area contributed by atoms with E-state index in [-0.39, 0.29) is 12.3 Å². The van der Waals surface area contributed by atoms with Crippen molar-refractivity contribution >= 4 is 5.96 Å². The van der Waals surface area contributed by atoms with Crippen LogP contribution in [0.5, 0.6) is 5.75 Å². The second-order valence-corrected chi connectivity index (χ2v) is 7.09. The summed E-state index contributed by atoms with van der Waals surface area (Å²) in [5.74, 6) is 1.02. The number of halogens is 3. The van der Waals surface area contributed by atoms with Crippen molar-refractivity contribution in [1.82, 2.24) is 10.2 Å². The van der Waals surface area contributed by atoms with E-state index in [1.54, 1.807) is 0 Å². The zero-order valence-electron chi connectivity index (χ0n) is 16.9. The molecule has 1 aromatic rings. The van der Waals surface area contributed by atoms with Crippen LogP contribution in [0.1, 0.15) is 37.9 Å². The summed E-state index contributed by atoms with van der Waals surface area (Å²) in [6, 6.07) is 5.17. The molecule has 9 heteroatoms. The Morgan fingerprint density at radius 1 is 1.31 bits per heavy atom. The highest BCUT2D eigenvalue weighted by Crippen LogP contribution is 2.24.